The van der Waals surface area contributed by atoms with E-state index in [0.29, 0.717) is 11.5 Å². The summed E-state index contributed by atoms with van der Waals surface area (Å²) in [5, 5.41) is 10.5. The molecule has 0 aliphatic heterocycles. The van der Waals surface area contributed by atoms with E-state index in [1.807, 2.05) is 12.1 Å². The number of hydrogen-bond acceptors (Lipinski definition) is 3. The highest BCUT2D eigenvalue weighted by Crippen LogP contribution is 2.51. The van der Waals surface area contributed by atoms with Crippen LogP contribution in [0.3, 0.4) is 0 Å². The van der Waals surface area contributed by atoms with Crippen LogP contribution < -0.4 is 0 Å². The molecule has 0 saturated heterocycles. The summed E-state index contributed by atoms with van der Waals surface area (Å²) >= 11 is 0. The lowest BCUT2D eigenvalue weighted by Gasteiger charge is -2.12. The summed E-state index contributed by atoms with van der Waals surface area (Å²) in [7, 11) is 0. The molecule has 0 unspecified atom stereocenters. The number of rotatable bonds is 3. The van der Waals surface area contributed by atoms with Gasteiger partial charge in [-0.2, -0.15) is 0 Å². The Labute approximate surface area is 336 Å². The van der Waals surface area contributed by atoms with E-state index < -0.39 is 0 Å². The second-order valence-corrected chi connectivity index (χ2v) is 15.7. The highest BCUT2D eigenvalue weighted by atomic mass is 16.3. The molecule has 1 aliphatic carbocycles. The molecule has 4 heterocycles. The van der Waals surface area contributed by atoms with Gasteiger partial charge in [0.15, 0.2) is 5.58 Å². The molecule has 0 bridgehead atoms. The third-order valence-electron chi connectivity index (χ3n) is 12.6. The van der Waals surface area contributed by atoms with E-state index in [1.165, 1.54) is 60.0 Å². The molecule has 1 aliphatic rings. The van der Waals surface area contributed by atoms with Gasteiger partial charge in [0.05, 0.1) is 22.1 Å². The van der Waals surface area contributed by atoms with Gasteiger partial charge >= 0.3 is 0 Å². The molecule has 0 radical (unpaired) electrons. The van der Waals surface area contributed by atoms with Crippen molar-refractivity contribution in [3.63, 3.8) is 0 Å². The number of fused-ring (bicyclic) bond motifs is 14. The van der Waals surface area contributed by atoms with E-state index in [2.05, 4.69) is 179 Å². The molecule has 4 aromatic heterocycles. The Morgan fingerprint density at radius 2 is 1.08 bits per heavy atom. The average molecular weight is 751 g/mol. The molecule has 14 rings (SSSR count). The van der Waals surface area contributed by atoms with Crippen molar-refractivity contribution in [2.75, 3.05) is 0 Å². The van der Waals surface area contributed by atoms with Crippen molar-refractivity contribution >= 4 is 87.2 Å². The third kappa shape index (κ3) is 4.13. The summed E-state index contributed by atoms with van der Waals surface area (Å²) < 4.78 is 11.4. The van der Waals surface area contributed by atoms with Crippen LogP contribution in [0.4, 0.5) is 0 Å². The first-order chi connectivity index (χ1) is 29.3. The van der Waals surface area contributed by atoms with E-state index >= 15 is 0 Å². The highest BCUT2D eigenvalue weighted by molar-refractivity contribution is 6.28. The fourth-order valence-electron chi connectivity index (χ4n) is 10.1. The van der Waals surface area contributed by atoms with Gasteiger partial charge in [-0.15, -0.1) is 0 Å². The maximum absolute atomic E-state index is 6.72. The first kappa shape index (κ1) is 31.1. The van der Waals surface area contributed by atoms with E-state index in [9.17, 15) is 0 Å². The number of nitrogens with zero attached hydrogens (tertiary/aromatic N) is 4. The second-order valence-electron chi connectivity index (χ2n) is 15.7. The minimum absolute atomic E-state index is 0.609. The van der Waals surface area contributed by atoms with E-state index in [1.54, 1.807) is 0 Å². The topological polar surface area (TPSA) is 48.8 Å². The minimum atomic E-state index is 0.609. The standard InChI is InChI=1S/C54H30N4O/c1-2-15-34(16-3-1)57-45-23-10-8-19-37(45)41-28-33(25-26-46(41)57)50-53-51(39-20-9-11-24-48(39)59-53)56-54(55-50)58-47-29-32-14-5-4-13-31(32)27-42(47)44-30-43-36-18-7-6-17-35(36)38-21-12-22-40(49(38)43)52(44)58/h1-30H. The fraction of sp³-hybridized carbons (Fsp3) is 0. The van der Waals surface area contributed by atoms with Gasteiger partial charge in [-0.3, -0.25) is 4.57 Å². The maximum Gasteiger partial charge on any atom is 0.236 e. The molecule has 0 atom stereocenters. The van der Waals surface area contributed by atoms with Gasteiger partial charge in [-0.25, -0.2) is 9.97 Å². The Balaban J connectivity index is 1.12. The molecule has 0 amide bonds. The van der Waals surface area contributed by atoms with Crippen molar-refractivity contribution in [1.82, 2.24) is 19.1 Å². The average Bonchev–Trinajstić information content (AvgIpc) is 4.03. The monoisotopic (exact) mass is 750 g/mol. The SMILES string of the molecule is c1ccc(-n2c3ccccc3c3cc(-c4nc(-n5c6cc7ccccc7cc6c6cc7c8c(cccc8c65)-c5ccccc5-7)nc5c4oc4ccccc45)ccc32)cc1. The van der Waals surface area contributed by atoms with Gasteiger partial charge in [0.2, 0.25) is 5.95 Å². The fourth-order valence-corrected chi connectivity index (χ4v) is 10.1. The first-order valence-electron chi connectivity index (χ1n) is 20.1. The van der Waals surface area contributed by atoms with Crippen molar-refractivity contribution in [2.24, 2.45) is 0 Å². The van der Waals surface area contributed by atoms with Crippen LogP contribution in [0, 0.1) is 0 Å². The predicted molar refractivity (Wildman–Crippen MR) is 243 cm³/mol. The molecule has 0 N–H and O–H groups in total. The Hall–Kier alpha value is -8.02. The number of benzene rings is 9. The van der Waals surface area contributed by atoms with E-state index in [4.69, 9.17) is 14.4 Å². The Bertz CT molecular complexity index is 3960. The van der Waals surface area contributed by atoms with Crippen LogP contribution in [-0.2, 0) is 0 Å². The summed E-state index contributed by atoms with van der Waals surface area (Å²) in [4.78, 5) is 11.1. The zero-order chi connectivity index (χ0) is 38.3. The van der Waals surface area contributed by atoms with Crippen LogP contribution in [0.1, 0.15) is 0 Å². The van der Waals surface area contributed by atoms with Crippen LogP contribution in [-0.4, -0.2) is 19.1 Å². The first-order valence-corrected chi connectivity index (χ1v) is 20.1. The normalized spacial score (nSPS) is 12.4. The van der Waals surface area contributed by atoms with Gasteiger partial charge in [0.25, 0.3) is 0 Å². The molecule has 59 heavy (non-hydrogen) atoms. The van der Waals surface area contributed by atoms with E-state index in [-0.39, 0.29) is 0 Å². The molecule has 0 saturated carbocycles. The van der Waals surface area contributed by atoms with Crippen LogP contribution >= 0.6 is 0 Å². The molecular formula is C54H30N4O. The maximum atomic E-state index is 6.72. The molecule has 5 nitrogen and oxygen atoms in total. The number of furan rings is 1. The van der Waals surface area contributed by atoms with Gasteiger partial charge < -0.3 is 8.98 Å². The Morgan fingerprint density at radius 1 is 0.407 bits per heavy atom. The molecule has 272 valence electrons. The smallest absolute Gasteiger partial charge is 0.236 e. The summed E-state index contributed by atoms with van der Waals surface area (Å²) in [6.07, 6.45) is 0. The quantitative estimate of drug-likeness (QED) is 0.181. The van der Waals surface area contributed by atoms with Crippen molar-refractivity contribution < 1.29 is 4.42 Å². The predicted octanol–water partition coefficient (Wildman–Crippen LogP) is 14.2. The Kier molecular flexibility index (Phi) is 5.96. The summed E-state index contributed by atoms with van der Waals surface area (Å²) in [5.74, 6) is 0.609. The van der Waals surface area contributed by atoms with Crippen LogP contribution in [0.2, 0.25) is 0 Å². The van der Waals surface area contributed by atoms with Crippen molar-refractivity contribution in [3.05, 3.63) is 182 Å². The van der Waals surface area contributed by atoms with Crippen molar-refractivity contribution in [2.45, 2.75) is 0 Å². The number of hydrogen-bond donors (Lipinski definition) is 0. The third-order valence-corrected chi connectivity index (χ3v) is 12.6. The van der Waals surface area contributed by atoms with Gasteiger partial charge in [0, 0.05) is 43.6 Å². The molecule has 0 spiro atoms. The lowest BCUT2D eigenvalue weighted by atomic mass is 9.98. The van der Waals surface area contributed by atoms with Gasteiger partial charge in [0.1, 0.15) is 16.8 Å². The summed E-state index contributed by atoms with van der Waals surface area (Å²) in [5.41, 5.74) is 14.6. The van der Waals surface area contributed by atoms with Gasteiger partial charge in [-0.1, -0.05) is 121 Å². The largest absolute Gasteiger partial charge is 0.452 e. The highest BCUT2D eigenvalue weighted by Gasteiger charge is 2.28. The van der Waals surface area contributed by atoms with Crippen molar-refractivity contribution in [1.29, 1.82) is 0 Å². The summed E-state index contributed by atoms with van der Waals surface area (Å²) in [6, 6.07) is 65.3. The lowest BCUT2D eigenvalue weighted by Crippen LogP contribution is -2.03. The molecule has 5 heteroatoms. The lowest BCUT2D eigenvalue weighted by molar-refractivity contribution is 0.666. The minimum Gasteiger partial charge on any atom is -0.452 e. The zero-order valence-corrected chi connectivity index (χ0v) is 31.5. The summed E-state index contributed by atoms with van der Waals surface area (Å²) in [6.45, 7) is 0. The Morgan fingerprint density at radius 3 is 1.97 bits per heavy atom. The van der Waals surface area contributed by atoms with Crippen LogP contribution in [0.25, 0.3) is 132 Å². The van der Waals surface area contributed by atoms with Crippen molar-refractivity contribution in [3.8, 4) is 45.1 Å². The molecule has 9 aromatic carbocycles. The second kappa shape index (κ2) is 11.3. The van der Waals surface area contributed by atoms with Crippen LogP contribution in [0.5, 0.6) is 0 Å². The van der Waals surface area contributed by atoms with E-state index in [0.717, 1.165) is 60.9 Å². The zero-order valence-electron chi connectivity index (χ0n) is 31.5. The van der Waals surface area contributed by atoms with Crippen LogP contribution in [0.15, 0.2) is 186 Å². The number of aromatic nitrogens is 4. The number of para-hydroxylation sites is 3. The molecule has 13 aromatic rings. The molecule has 0 fully saturated rings. The van der Waals surface area contributed by atoms with Gasteiger partial charge in [-0.05, 0) is 99.1 Å². The molecular weight excluding hydrogens is 721 g/mol.